The van der Waals surface area contributed by atoms with Crippen LogP contribution in [0.25, 0.3) is 0 Å². The molecule has 0 radical (unpaired) electrons. The molecule has 0 aliphatic heterocycles. The first-order chi connectivity index (χ1) is 3.93. The van der Waals surface area contributed by atoms with E-state index in [0.29, 0.717) is 0 Å². The van der Waals surface area contributed by atoms with Gasteiger partial charge in [0.1, 0.15) is 0 Å². The molecule has 0 amide bonds. The molecule has 0 spiro atoms. The average Bonchev–Trinajstić information content (AvgIpc) is 1.90. The van der Waals surface area contributed by atoms with Gasteiger partial charge in [-0.3, -0.25) is 0 Å². The summed E-state index contributed by atoms with van der Waals surface area (Å²) in [7, 11) is 0. The maximum Gasteiger partial charge on any atom is 1.00 e. The van der Waals surface area contributed by atoms with Crippen molar-refractivity contribution in [1.82, 2.24) is 0 Å². The molecule has 1 aromatic rings. The minimum absolute atomic E-state index is 0. The zero-order chi connectivity index (χ0) is 5.82. The van der Waals surface area contributed by atoms with E-state index in [-0.39, 0.29) is 17.1 Å². The average molecular weight is 169 g/mol. The fourth-order valence-corrected chi connectivity index (χ4v) is 0.657. The first-order valence-electron chi connectivity index (χ1n) is 2.88. The van der Waals surface area contributed by atoms with Crippen molar-refractivity contribution in [2.24, 2.45) is 0 Å². The molecule has 0 N–H and O–H groups in total. The van der Waals surface area contributed by atoms with Crippen molar-refractivity contribution in [2.75, 3.05) is 0 Å². The van der Waals surface area contributed by atoms with Gasteiger partial charge >= 0.3 is 17.1 Å². The maximum atomic E-state index is 2.97. The van der Waals surface area contributed by atoms with Gasteiger partial charge in [-0.1, -0.05) is 13.3 Å². The van der Waals surface area contributed by atoms with Crippen molar-refractivity contribution in [3.63, 3.8) is 0 Å². The second-order valence-electron chi connectivity index (χ2n) is 1.76. The van der Waals surface area contributed by atoms with Gasteiger partial charge in [-0.2, -0.15) is 35.9 Å². The Morgan fingerprint density at radius 3 is 2.22 bits per heavy atom. The van der Waals surface area contributed by atoms with Crippen LogP contribution in [-0.4, -0.2) is 0 Å². The normalized spacial score (nSPS) is 8.11. The molecule has 0 heterocycles. The van der Waals surface area contributed by atoms with Gasteiger partial charge < -0.3 is 0 Å². The predicted molar refractivity (Wildman–Crippen MR) is 34.7 cm³/mol. The molecule has 0 saturated heterocycles. The Morgan fingerprint density at radius 2 is 1.89 bits per heavy atom. The topological polar surface area (TPSA) is 0 Å². The molecule has 1 rings (SSSR count). The van der Waals surface area contributed by atoms with Crippen LogP contribution in [0.2, 0.25) is 0 Å². The zero-order valence-electron chi connectivity index (χ0n) is 5.32. The van der Waals surface area contributed by atoms with Crippen LogP contribution in [-0.2, 0) is 23.5 Å². The van der Waals surface area contributed by atoms with E-state index < -0.39 is 0 Å². The Bertz CT molecular complexity index is 146. The van der Waals surface area contributed by atoms with Crippen molar-refractivity contribution in [3.05, 3.63) is 35.9 Å². The fraction of sp³-hybridized carbons (Fsp3) is 0.250. The Labute approximate surface area is 66.8 Å². The van der Waals surface area contributed by atoms with Crippen LogP contribution in [0.5, 0.6) is 0 Å². The van der Waals surface area contributed by atoms with Gasteiger partial charge in [0, 0.05) is 0 Å². The Morgan fingerprint density at radius 1 is 1.33 bits per heavy atom. The van der Waals surface area contributed by atoms with E-state index in [4.69, 9.17) is 0 Å². The van der Waals surface area contributed by atoms with Crippen LogP contribution in [0.3, 0.4) is 0 Å². The van der Waals surface area contributed by atoms with E-state index in [9.17, 15) is 0 Å². The van der Waals surface area contributed by atoms with E-state index >= 15 is 0 Å². The third-order valence-electron chi connectivity index (χ3n) is 1.20. The summed E-state index contributed by atoms with van der Waals surface area (Å²) in [6, 6.07) is 11.0. The first kappa shape index (κ1) is 8.74. The molecule has 52 valence electrons. The van der Waals surface area contributed by atoms with Crippen molar-refractivity contribution in [2.45, 2.75) is 13.3 Å². The Hall–Kier alpha value is -0.261. The van der Waals surface area contributed by atoms with Crippen molar-refractivity contribution >= 4 is 0 Å². The number of hydrogen-bond donors (Lipinski definition) is 0. The summed E-state index contributed by atoms with van der Waals surface area (Å²) in [4.78, 5) is 0. The monoisotopic (exact) mass is 168 g/mol. The molecule has 1 aromatic carbocycles. The first-order valence-corrected chi connectivity index (χ1v) is 2.88. The van der Waals surface area contributed by atoms with E-state index in [1.54, 1.807) is 0 Å². The Balaban J connectivity index is 0.000000640. The van der Waals surface area contributed by atoms with Crippen LogP contribution in [0.15, 0.2) is 24.3 Å². The molecule has 0 bridgehead atoms. The summed E-state index contributed by atoms with van der Waals surface area (Å²) in [6.45, 7) is 2.15. The van der Waals surface area contributed by atoms with Gasteiger partial charge in [-0.25, -0.2) is 0 Å². The van der Waals surface area contributed by atoms with E-state index in [1.165, 1.54) is 5.56 Å². The number of aryl methyl sites for hydroxylation is 1. The smallest absolute Gasteiger partial charge is 0.184 e. The maximum absolute atomic E-state index is 2.97. The van der Waals surface area contributed by atoms with Crippen LogP contribution >= 0.6 is 0 Å². The molecule has 0 unspecified atom stereocenters. The van der Waals surface area contributed by atoms with Crippen molar-refractivity contribution in [3.8, 4) is 0 Å². The van der Waals surface area contributed by atoms with Crippen LogP contribution in [0.1, 0.15) is 12.5 Å². The largest absolute Gasteiger partial charge is 1.00 e. The molecule has 0 aliphatic rings. The molecular formula is C8H9Cu. The third kappa shape index (κ3) is 2.69. The molecule has 0 fully saturated rings. The van der Waals surface area contributed by atoms with E-state index in [1.807, 2.05) is 12.1 Å². The van der Waals surface area contributed by atoms with Gasteiger partial charge in [0.15, 0.2) is 0 Å². The van der Waals surface area contributed by atoms with E-state index in [0.717, 1.165) is 6.42 Å². The van der Waals surface area contributed by atoms with Gasteiger partial charge in [0.25, 0.3) is 0 Å². The van der Waals surface area contributed by atoms with Gasteiger partial charge in [0.2, 0.25) is 0 Å². The second kappa shape index (κ2) is 4.60. The van der Waals surface area contributed by atoms with Crippen molar-refractivity contribution in [1.29, 1.82) is 0 Å². The third-order valence-corrected chi connectivity index (χ3v) is 1.20. The molecular weight excluding hydrogens is 160 g/mol. The van der Waals surface area contributed by atoms with Crippen LogP contribution in [0, 0.1) is 6.07 Å². The van der Waals surface area contributed by atoms with Crippen molar-refractivity contribution < 1.29 is 17.1 Å². The number of hydrogen-bond acceptors (Lipinski definition) is 0. The standard InChI is InChI=1S/C8H9.Cu/c1-2-8-6-4-3-5-7-8;/h4-7H,2H2,1H3;/q-1;+1. The van der Waals surface area contributed by atoms with E-state index in [2.05, 4.69) is 25.1 Å². The summed E-state index contributed by atoms with van der Waals surface area (Å²) in [5, 5.41) is 0. The minimum atomic E-state index is 0. The number of rotatable bonds is 1. The molecule has 0 nitrogen and oxygen atoms in total. The summed E-state index contributed by atoms with van der Waals surface area (Å²) in [5.74, 6) is 0. The number of benzene rings is 1. The molecule has 0 aliphatic carbocycles. The summed E-state index contributed by atoms with van der Waals surface area (Å²) < 4.78 is 0. The molecule has 0 aromatic heterocycles. The predicted octanol–water partition coefficient (Wildman–Crippen LogP) is 2.05. The molecule has 0 atom stereocenters. The van der Waals surface area contributed by atoms with Crippen LogP contribution < -0.4 is 0 Å². The van der Waals surface area contributed by atoms with Gasteiger partial charge in [0.05, 0.1) is 0 Å². The summed E-state index contributed by atoms with van der Waals surface area (Å²) >= 11 is 0. The minimum Gasteiger partial charge on any atom is -0.184 e. The van der Waals surface area contributed by atoms with Gasteiger partial charge in [-0.05, 0) is 0 Å². The molecule has 0 saturated carbocycles. The molecule has 9 heavy (non-hydrogen) atoms. The SMILES string of the molecule is CCc1cc[c-]cc1.[Cu+]. The second-order valence-corrected chi connectivity index (χ2v) is 1.76. The summed E-state index contributed by atoms with van der Waals surface area (Å²) in [5.41, 5.74) is 1.38. The Kier molecular flexibility index (Phi) is 4.47. The summed E-state index contributed by atoms with van der Waals surface area (Å²) in [6.07, 6.45) is 1.12. The fourth-order valence-electron chi connectivity index (χ4n) is 0.657. The quantitative estimate of drug-likeness (QED) is 0.445. The molecule has 1 heteroatoms. The van der Waals surface area contributed by atoms with Crippen LogP contribution in [0.4, 0.5) is 0 Å². The van der Waals surface area contributed by atoms with Gasteiger partial charge in [-0.15, -0.1) is 0 Å². The zero-order valence-corrected chi connectivity index (χ0v) is 6.26.